The van der Waals surface area contributed by atoms with Gasteiger partial charge in [-0.1, -0.05) is 6.92 Å². The Hall–Kier alpha value is -2.28. The van der Waals surface area contributed by atoms with E-state index in [1.807, 2.05) is 41.9 Å². The molecule has 4 heterocycles. The number of rotatable bonds is 4. The maximum atomic E-state index is 12.8. The molecule has 26 heavy (non-hydrogen) atoms. The maximum absolute atomic E-state index is 12.8. The number of hydrogen-bond donors (Lipinski definition) is 1. The third-order valence-corrected chi connectivity index (χ3v) is 5.35. The van der Waals surface area contributed by atoms with Gasteiger partial charge >= 0.3 is 0 Å². The molecule has 2 aliphatic heterocycles. The first-order valence-corrected chi connectivity index (χ1v) is 9.44. The molecule has 7 heteroatoms. The Morgan fingerprint density at radius 1 is 1.46 bits per heavy atom. The van der Waals surface area contributed by atoms with E-state index >= 15 is 0 Å². The summed E-state index contributed by atoms with van der Waals surface area (Å²) < 4.78 is 1.85. The summed E-state index contributed by atoms with van der Waals surface area (Å²) in [4.78, 5) is 24.1. The van der Waals surface area contributed by atoms with Gasteiger partial charge in [-0.3, -0.25) is 9.48 Å². The Kier molecular flexibility index (Phi) is 4.72. The molecule has 2 aromatic heterocycles. The molecule has 138 valence electrons. The van der Waals surface area contributed by atoms with Crippen molar-refractivity contribution in [2.45, 2.75) is 45.7 Å². The standard InChI is InChI=1S/C19H26N6O/c1-13(11-25-8-4-14(2)23-25)19(26)24-7-5-17-16(12-24)10-21-18(22-17)15-3-6-20-9-15/h4,8,10,13,15,20H,3,5-7,9,11-12H2,1-2H3. The Labute approximate surface area is 153 Å². The van der Waals surface area contributed by atoms with Crippen LogP contribution in [0.4, 0.5) is 0 Å². The van der Waals surface area contributed by atoms with Crippen LogP contribution in [-0.4, -0.2) is 50.2 Å². The van der Waals surface area contributed by atoms with Gasteiger partial charge in [-0.2, -0.15) is 5.10 Å². The van der Waals surface area contributed by atoms with Gasteiger partial charge in [0, 0.05) is 49.9 Å². The van der Waals surface area contributed by atoms with Crippen LogP contribution in [0, 0.1) is 12.8 Å². The largest absolute Gasteiger partial charge is 0.338 e. The van der Waals surface area contributed by atoms with E-state index in [0.717, 1.165) is 55.3 Å². The molecule has 0 aliphatic carbocycles. The van der Waals surface area contributed by atoms with E-state index in [9.17, 15) is 4.79 Å². The number of carbonyl (C=O) groups is 1. The number of fused-ring (bicyclic) bond motifs is 1. The summed E-state index contributed by atoms with van der Waals surface area (Å²) in [5, 5.41) is 7.75. The van der Waals surface area contributed by atoms with E-state index in [1.165, 1.54) is 0 Å². The third-order valence-electron chi connectivity index (χ3n) is 5.35. The zero-order valence-electron chi connectivity index (χ0n) is 15.5. The fraction of sp³-hybridized carbons (Fsp3) is 0.579. The molecule has 2 aliphatic rings. The van der Waals surface area contributed by atoms with Gasteiger partial charge in [0.2, 0.25) is 5.91 Å². The quantitative estimate of drug-likeness (QED) is 0.895. The minimum absolute atomic E-state index is 0.0967. The molecule has 0 saturated carbocycles. The van der Waals surface area contributed by atoms with Crippen LogP contribution in [0.15, 0.2) is 18.5 Å². The normalized spacial score (nSPS) is 20.8. The smallest absolute Gasteiger partial charge is 0.227 e. The lowest BCUT2D eigenvalue weighted by atomic mass is 10.0. The van der Waals surface area contributed by atoms with Gasteiger partial charge in [-0.25, -0.2) is 9.97 Å². The van der Waals surface area contributed by atoms with Gasteiger partial charge in [0.05, 0.1) is 23.9 Å². The maximum Gasteiger partial charge on any atom is 0.227 e. The molecule has 0 aromatic carbocycles. The van der Waals surface area contributed by atoms with Gasteiger partial charge in [-0.15, -0.1) is 0 Å². The molecular formula is C19H26N6O. The highest BCUT2D eigenvalue weighted by molar-refractivity contribution is 5.78. The number of aromatic nitrogens is 4. The second kappa shape index (κ2) is 7.15. The Morgan fingerprint density at radius 2 is 2.35 bits per heavy atom. The second-order valence-electron chi connectivity index (χ2n) is 7.48. The molecule has 2 aromatic rings. The van der Waals surface area contributed by atoms with E-state index in [2.05, 4.69) is 15.4 Å². The van der Waals surface area contributed by atoms with Gasteiger partial charge < -0.3 is 10.2 Å². The van der Waals surface area contributed by atoms with E-state index in [-0.39, 0.29) is 11.8 Å². The summed E-state index contributed by atoms with van der Waals surface area (Å²) in [6.45, 7) is 7.89. The number of nitrogens with zero attached hydrogens (tertiary/aromatic N) is 5. The molecule has 0 spiro atoms. The average Bonchev–Trinajstić information content (AvgIpc) is 3.32. The summed E-state index contributed by atoms with van der Waals surface area (Å²) in [5.41, 5.74) is 3.17. The highest BCUT2D eigenvalue weighted by Crippen LogP contribution is 2.23. The minimum Gasteiger partial charge on any atom is -0.338 e. The molecule has 1 N–H and O–H groups in total. The fourth-order valence-corrected chi connectivity index (χ4v) is 3.83. The van der Waals surface area contributed by atoms with Crippen molar-refractivity contribution < 1.29 is 4.79 Å². The molecule has 1 amide bonds. The topological polar surface area (TPSA) is 75.9 Å². The van der Waals surface area contributed by atoms with E-state index in [4.69, 9.17) is 4.98 Å². The van der Waals surface area contributed by atoms with Crippen molar-refractivity contribution in [1.82, 2.24) is 30.0 Å². The number of nitrogens with one attached hydrogen (secondary N) is 1. The summed E-state index contributed by atoms with van der Waals surface area (Å²) in [7, 11) is 0. The van der Waals surface area contributed by atoms with Crippen LogP contribution in [0.25, 0.3) is 0 Å². The van der Waals surface area contributed by atoms with Crippen LogP contribution in [0.5, 0.6) is 0 Å². The molecule has 4 rings (SSSR count). The molecule has 1 fully saturated rings. The van der Waals surface area contributed by atoms with E-state index < -0.39 is 0 Å². The minimum atomic E-state index is -0.0967. The first-order valence-electron chi connectivity index (χ1n) is 9.44. The monoisotopic (exact) mass is 354 g/mol. The van der Waals surface area contributed by atoms with Crippen molar-refractivity contribution in [2.24, 2.45) is 5.92 Å². The lowest BCUT2D eigenvalue weighted by molar-refractivity contribution is -0.136. The van der Waals surface area contributed by atoms with Crippen LogP contribution in [0.1, 0.15) is 42.0 Å². The van der Waals surface area contributed by atoms with Gasteiger partial charge in [0.15, 0.2) is 0 Å². The summed E-state index contributed by atoms with van der Waals surface area (Å²) in [5.74, 6) is 1.46. The number of carbonyl (C=O) groups excluding carboxylic acids is 1. The van der Waals surface area contributed by atoms with Crippen molar-refractivity contribution >= 4 is 5.91 Å². The van der Waals surface area contributed by atoms with Crippen molar-refractivity contribution in [3.63, 3.8) is 0 Å². The van der Waals surface area contributed by atoms with Crippen LogP contribution in [0.2, 0.25) is 0 Å². The predicted octanol–water partition coefficient (Wildman–Crippen LogP) is 1.28. The number of amides is 1. The van der Waals surface area contributed by atoms with E-state index in [0.29, 0.717) is 19.0 Å². The van der Waals surface area contributed by atoms with Crippen LogP contribution < -0.4 is 5.32 Å². The molecule has 1 saturated heterocycles. The second-order valence-corrected chi connectivity index (χ2v) is 7.48. The van der Waals surface area contributed by atoms with Crippen molar-refractivity contribution in [3.8, 4) is 0 Å². The SMILES string of the molecule is Cc1ccn(CC(C)C(=O)N2CCc3nc(C4CCNC4)ncc3C2)n1. The molecular weight excluding hydrogens is 328 g/mol. The fourth-order valence-electron chi connectivity index (χ4n) is 3.83. The average molecular weight is 354 g/mol. The number of aryl methyl sites for hydroxylation is 1. The molecule has 2 atom stereocenters. The zero-order valence-corrected chi connectivity index (χ0v) is 15.5. The molecule has 0 bridgehead atoms. The summed E-state index contributed by atoms with van der Waals surface area (Å²) in [6, 6.07) is 1.96. The Bertz CT molecular complexity index is 795. The lowest BCUT2D eigenvalue weighted by Gasteiger charge is -2.30. The van der Waals surface area contributed by atoms with Crippen LogP contribution >= 0.6 is 0 Å². The van der Waals surface area contributed by atoms with Gasteiger partial charge in [-0.05, 0) is 26.0 Å². The highest BCUT2D eigenvalue weighted by atomic mass is 16.2. The molecule has 7 nitrogen and oxygen atoms in total. The first kappa shape index (κ1) is 17.1. The number of hydrogen-bond acceptors (Lipinski definition) is 5. The van der Waals surface area contributed by atoms with Crippen molar-refractivity contribution in [3.05, 3.63) is 41.2 Å². The lowest BCUT2D eigenvalue weighted by Crippen LogP contribution is -2.40. The molecule has 0 radical (unpaired) electrons. The summed E-state index contributed by atoms with van der Waals surface area (Å²) >= 11 is 0. The third kappa shape index (κ3) is 3.49. The van der Waals surface area contributed by atoms with Crippen molar-refractivity contribution in [1.29, 1.82) is 0 Å². The van der Waals surface area contributed by atoms with Crippen LogP contribution in [-0.2, 0) is 24.3 Å². The Morgan fingerprint density at radius 3 is 3.08 bits per heavy atom. The first-order chi connectivity index (χ1) is 12.6. The zero-order chi connectivity index (χ0) is 18.1. The van der Waals surface area contributed by atoms with Gasteiger partial charge in [0.1, 0.15) is 5.82 Å². The van der Waals surface area contributed by atoms with E-state index in [1.54, 1.807) is 0 Å². The molecule has 2 unspecified atom stereocenters. The van der Waals surface area contributed by atoms with Gasteiger partial charge in [0.25, 0.3) is 0 Å². The predicted molar refractivity (Wildman–Crippen MR) is 97.5 cm³/mol. The highest BCUT2D eigenvalue weighted by Gasteiger charge is 2.27. The van der Waals surface area contributed by atoms with Crippen LogP contribution in [0.3, 0.4) is 0 Å². The van der Waals surface area contributed by atoms with Crippen molar-refractivity contribution in [2.75, 3.05) is 19.6 Å². The Balaban J connectivity index is 1.41. The summed E-state index contributed by atoms with van der Waals surface area (Å²) in [6.07, 6.45) is 5.77.